The third kappa shape index (κ3) is 2.38. The number of hydrogen-bond acceptors (Lipinski definition) is 3. The van der Waals surface area contributed by atoms with Crippen molar-refractivity contribution in [2.45, 2.75) is 38.8 Å². The van der Waals surface area contributed by atoms with Crippen molar-refractivity contribution >= 4 is 28.7 Å². The highest BCUT2D eigenvalue weighted by atomic mass is 35.5. The van der Waals surface area contributed by atoms with E-state index in [9.17, 15) is 4.79 Å². The molecule has 0 radical (unpaired) electrons. The minimum absolute atomic E-state index is 0.127. The lowest BCUT2D eigenvalue weighted by atomic mass is 10.2. The van der Waals surface area contributed by atoms with Gasteiger partial charge in [-0.25, -0.2) is 9.97 Å². The molecule has 2 aromatic rings. The number of aromatic nitrogens is 3. The summed E-state index contributed by atoms with van der Waals surface area (Å²) >= 11 is 5.87. The number of amides is 1. The Hall–Kier alpha value is -1.62. The molecule has 2 aromatic heterocycles. The number of aryl methyl sites for hydroxylation is 2. The van der Waals surface area contributed by atoms with Gasteiger partial charge in [0.1, 0.15) is 11.3 Å². The molecule has 1 aliphatic rings. The fourth-order valence-electron chi connectivity index (χ4n) is 2.69. The van der Waals surface area contributed by atoms with Crippen molar-refractivity contribution in [3.8, 4) is 0 Å². The lowest BCUT2D eigenvalue weighted by Crippen LogP contribution is -2.30. The fraction of sp³-hybridized carbons (Fsp3) is 0.500. The number of fused-ring (bicyclic) bond motifs is 1. The third-order valence-electron chi connectivity index (χ3n) is 3.72. The van der Waals surface area contributed by atoms with Gasteiger partial charge in [0.05, 0.1) is 0 Å². The van der Waals surface area contributed by atoms with Crippen molar-refractivity contribution in [2.24, 2.45) is 0 Å². The van der Waals surface area contributed by atoms with Crippen LogP contribution in [0.25, 0.3) is 11.2 Å². The molecule has 6 heteroatoms. The molecule has 0 spiro atoms. The maximum Gasteiger partial charge on any atom is 0.220 e. The average molecular weight is 293 g/mol. The molecule has 1 unspecified atom stereocenters. The number of imidazole rings is 1. The predicted molar refractivity (Wildman–Crippen MR) is 77.9 cm³/mol. The molecule has 0 aromatic carbocycles. The minimum Gasteiger partial charge on any atom is -0.352 e. The lowest BCUT2D eigenvalue weighted by molar-refractivity contribution is -0.119. The molecular formula is C14H17ClN4O. The number of carbonyl (C=O) groups excluding carboxylic acids is 1. The van der Waals surface area contributed by atoms with Crippen LogP contribution in [-0.4, -0.2) is 32.4 Å². The van der Waals surface area contributed by atoms with Crippen molar-refractivity contribution < 1.29 is 4.79 Å². The average Bonchev–Trinajstić information content (AvgIpc) is 2.97. The second-order valence-electron chi connectivity index (χ2n) is 5.18. The standard InChI is InChI=1S/C14H17ClN4O/c1-9-5-7-16-14-13(9)18-11(4-6-15)19(14)8-10-2-3-12(20)17-10/h5,7,10H,2-4,6,8H2,1H3,(H,17,20). The van der Waals surface area contributed by atoms with Crippen molar-refractivity contribution in [1.82, 2.24) is 19.9 Å². The molecule has 0 aliphatic carbocycles. The van der Waals surface area contributed by atoms with Gasteiger partial charge >= 0.3 is 0 Å². The van der Waals surface area contributed by atoms with Crippen LogP contribution in [0.1, 0.15) is 24.2 Å². The zero-order valence-electron chi connectivity index (χ0n) is 11.4. The molecule has 1 aliphatic heterocycles. The van der Waals surface area contributed by atoms with E-state index in [1.807, 2.05) is 13.0 Å². The molecule has 1 fully saturated rings. The first kappa shape index (κ1) is 13.4. The summed E-state index contributed by atoms with van der Waals surface area (Å²) < 4.78 is 2.10. The van der Waals surface area contributed by atoms with Gasteiger partial charge in [-0.15, -0.1) is 11.6 Å². The summed E-state index contributed by atoms with van der Waals surface area (Å²) in [6.07, 6.45) is 3.98. The summed E-state index contributed by atoms with van der Waals surface area (Å²) in [5.74, 6) is 1.60. The van der Waals surface area contributed by atoms with E-state index in [-0.39, 0.29) is 11.9 Å². The van der Waals surface area contributed by atoms with E-state index in [1.165, 1.54) is 0 Å². The van der Waals surface area contributed by atoms with Gasteiger partial charge in [-0.3, -0.25) is 4.79 Å². The van der Waals surface area contributed by atoms with Crippen LogP contribution in [0.5, 0.6) is 0 Å². The molecule has 5 nitrogen and oxygen atoms in total. The highest BCUT2D eigenvalue weighted by Gasteiger charge is 2.23. The molecule has 0 bridgehead atoms. The van der Waals surface area contributed by atoms with Crippen molar-refractivity contribution in [3.05, 3.63) is 23.7 Å². The maximum absolute atomic E-state index is 11.3. The SMILES string of the molecule is Cc1ccnc2c1nc(CCCl)n2CC1CCC(=O)N1. The Balaban J connectivity index is 2.00. The van der Waals surface area contributed by atoms with Gasteiger partial charge in [0.15, 0.2) is 5.65 Å². The molecule has 1 N–H and O–H groups in total. The summed E-state index contributed by atoms with van der Waals surface area (Å²) in [7, 11) is 0. The number of hydrogen-bond donors (Lipinski definition) is 1. The monoisotopic (exact) mass is 292 g/mol. The molecule has 3 heterocycles. The largest absolute Gasteiger partial charge is 0.352 e. The van der Waals surface area contributed by atoms with Crippen LogP contribution in [0.4, 0.5) is 0 Å². The number of halogens is 1. The summed E-state index contributed by atoms with van der Waals surface area (Å²) in [6, 6.07) is 2.12. The topological polar surface area (TPSA) is 59.8 Å². The lowest BCUT2D eigenvalue weighted by Gasteiger charge is -2.13. The van der Waals surface area contributed by atoms with Crippen LogP contribution in [0, 0.1) is 6.92 Å². The second kappa shape index (κ2) is 5.40. The normalized spacial score (nSPS) is 18.7. The summed E-state index contributed by atoms with van der Waals surface area (Å²) in [6.45, 7) is 2.74. The Morgan fingerprint density at radius 3 is 3.10 bits per heavy atom. The molecule has 1 saturated heterocycles. The van der Waals surface area contributed by atoms with E-state index in [0.29, 0.717) is 25.3 Å². The van der Waals surface area contributed by atoms with Crippen LogP contribution < -0.4 is 5.32 Å². The van der Waals surface area contributed by atoms with Crippen LogP contribution in [0.3, 0.4) is 0 Å². The van der Waals surface area contributed by atoms with Crippen LogP contribution in [0.2, 0.25) is 0 Å². The van der Waals surface area contributed by atoms with Gasteiger partial charge in [0.25, 0.3) is 0 Å². The molecule has 1 atom stereocenters. The third-order valence-corrected chi connectivity index (χ3v) is 3.91. The van der Waals surface area contributed by atoms with Gasteiger partial charge in [0.2, 0.25) is 5.91 Å². The van der Waals surface area contributed by atoms with Gasteiger partial charge in [-0.1, -0.05) is 0 Å². The van der Waals surface area contributed by atoms with Crippen molar-refractivity contribution in [3.63, 3.8) is 0 Å². The molecule has 20 heavy (non-hydrogen) atoms. The quantitative estimate of drug-likeness (QED) is 0.874. The second-order valence-corrected chi connectivity index (χ2v) is 5.56. The van der Waals surface area contributed by atoms with Crippen molar-refractivity contribution in [2.75, 3.05) is 5.88 Å². The fourth-order valence-corrected chi connectivity index (χ4v) is 2.85. The number of alkyl halides is 1. The molecular weight excluding hydrogens is 276 g/mol. The first-order chi connectivity index (χ1) is 9.69. The highest BCUT2D eigenvalue weighted by molar-refractivity contribution is 6.17. The molecule has 3 rings (SSSR count). The highest BCUT2D eigenvalue weighted by Crippen LogP contribution is 2.20. The number of rotatable bonds is 4. The van der Waals surface area contributed by atoms with E-state index in [0.717, 1.165) is 29.0 Å². The molecule has 106 valence electrons. The van der Waals surface area contributed by atoms with Crippen LogP contribution in [0.15, 0.2) is 12.3 Å². The van der Waals surface area contributed by atoms with E-state index < -0.39 is 0 Å². The molecule has 1 amide bonds. The Bertz CT molecular complexity index is 652. The summed E-state index contributed by atoms with van der Waals surface area (Å²) in [4.78, 5) is 20.5. The van der Waals surface area contributed by atoms with Gasteiger partial charge in [0, 0.05) is 37.5 Å². The molecule has 0 saturated carbocycles. The van der Waals surface area contributed by atoms with Gasteiger partial charge < -0.3 is 9.88 Å². The van der Waals surface area contributed by atoms with E-state index in [1.54, 1.807) is 6.20 Å². The first-order valence-electron chi connectivity index (χ1n) is 6.85. The Labute approximate surface area is 122 Å². The van der Waals surface area contributed by atoms with Crippen LogP contribution >= 0.6 is 11.6 Å². The maximum atomic E-state index is 11.3. The number of pyridine rings is 1. The van der Waals surface area contributed by atoms with Crippen LogP contribution in [-0.2, 0) is 17.8 Å². The van der Waals surface area contributed by atoms with E-state index in [4.69, 9.17) is 11.6 Å². The number of carbonyl (C=O) groups is 1. The first-order valence-corrected chi connectivity index (χ1v) is 7.38. The predicted octanol–water partition coefficient (Wildman–Crippen LogP) is 1.80. The van der Waals surface area contributed by atoms with E-state index >= 15 is 0 Å². The van der Waals surface area contributed by atoms with E-state index in [2.05, 4.69) is 19.9 Å². The van der Waals surface area contributed by atoms with Crippen molar-refractivity contribution in [1.29, 1.82) is 0 Å². The Kier molecular flexibility index (Phi) is 3.61. The summed E-state index contributed by atoms with van der Waals surface area (Å²) in [5.41, 5.74) is 2.92. The van der Waals surface area contributed by atoms with Gasteiger partial charge in [-0.05, 0) is 25.0 Å². The smallest absolute Gasteiger partial charge is 0.220 e. The number of nitrogens with zero attached hydrogens (tertiary/aromatic N) is 3. The Morgan fingerprint density at radius 1 is 1.55 bits per heavy atom. The van der Waals surface area contributed by atoms with Gasteiger partial charge in [-0.2, -0.15) is 0 Å². The summed E-state index contributed by atoms with van der Waals surface area (Å²) in [5, 5.41) is 2.99. The number of nitrogens with one attached hydrogen (secondary N) is 1. The Morgan fingerprint density at radius 2 is 2.40 bits per heavy atom. The zero-order valence-corrected chi connectivity index (χ0v) is 12.2. The minimum atomic E-state index is 0.127. The zero-order chi connectivity index (χ0) is 14.1.